The Morgan fingerprint density at radius 2 is 1.71 bits per heavy atom. The Hall–Kier alpha value is -3.27. The number of carbonyl (C=O) groups is 1. The van der Waals surface area contributed by atoms with Gasteiger partial charge in [0.05, 0.1) is 18.2 Å². The van der Waals surface area contributed by atoms with E-state index in [1.54, 1.807) is 0 Å². The molecule has 4 heteroatoms. The molecule has 1 atom stereocenters. The van der Waals surface area contributed by atoms with E-state index >= 15 is 0 Å². The number of benzene rings is 3. The van der Waals surface area contributed by atoms with Crippen LogP contribution in [0.25, 0.3) is 0 Å². The molecule has 1 unspecified atom stereocenters. The van der Waals surface area contributed by atoms with Crippen LogP contribution in [0, 0.1) is 6.92 Å². The minimum Gasteiger partial charge on any atom is -0.489 e. The number of amides is 1. The Labute approximate surface area is 184 Å². The molecule has 1 heterocycles. The second-order valence-corrected chi connectivity index (χ2v) is 8.19. The van der Waals surface area contributed by atoms with Gasteiger partial charge in [0, 0.05) is 13.1 Å². The highest BCUT2D eigenvalue weighted by atomic mass is 16.5. The lowest BCUT2D eigenvalue weighted by atomic mass is 10.1. The molecule has 4 nitrogen and oxygen atoms in total. The largest absolute Gasteiger partial charge is 0.489 e. The number of hydrogen-bond acceptors (Lipinski definition) is 3. The van der Waals surface area contributed by atoms with Crippen LogP contribution in [0.4, 0.5) is 5.69 Å². The lowest BCUT2D eigenvalue weighted by Crippen LogP contribution is -2.45. The van der Waals surface area contributed by atoms with Gasteiger partial charge in [-0.1, -0.05) is 72.3 Å². The second-order valence-electron chi connectivity index (χ2n) is 8.19. The number of hydrogen-bond donors (Lipinski definition) is 1. The van der Waals surface area contributed by atoms with E-state index in [-0.39, 0.29) is 11.9 Å². The molecule has 0 radical (unpaired) electrons. The molecule has 1 amide bonds. The fraction of sp³-hybridized carbons (Fsp3) is 0.296. The van der Waals surface area contributed by atoms with Gasteiger partial charge in [0.2, 0.25) is 5.91 Å². The Morgan fingerprint density at radius 1 is 0.968 bits per heavy atom. The molecule has 0 aromatic heterocycles. The van der Waals surface area contributed by atoms with Gasteiger partial charge in [0.15, 0.2) is 0 Å². The van der Waals surface area contributed by atoms with Gasteiger partial charge < -0.3 is 15.0 Å². The zero-order valence-corrected chi connectivity index (χ0v) is 18.1. The Balaban J connectivity index is 1.37. The van der Waals surface area contributed by atoms with E-state index in [1.807, 2.05) is 24.3 Å². The average molecular weight is 415 g/mol. The first-order valence-corrected chi connectivity index (χ1v) is 11.0. The van der Waals surface area contributed by atoms with Crippen LogP contribution >= 0.6 is 0 Å². The molecule has 3 aromatic rings. The van der Waals surface area contributed by atoms with Crippen molar-refractivity contribution >= 4 is 11.6 Å². The first-order chi connectivity index (χ1) is 15.2. The van der Waals surface area contributed by atoms with E-state index in [0.29, 0.717) is 19.6 Å². The molecular formula is C27H30N2O2. The van der Waals surface area contributed by atoms with Gasteiger partial charge in [-0.25, -0.2) is 0 Å². The number of aryl methyl sites for hydroxylation is 2. The summed E-state index contributed by atoms with van der Waals surface area (Å²) < 4.78 is 5.99. The first-order valence-electron chi connectivity index (χ1n) is 11.0. The van der Waals surface area contributed by atoms with Crippen molar-refractivity contribution in [1.82, 2.24) is 5.32 Å². The summed E-state index contributed by atoms with van der Waals surface area (Å²) in [6.45, 7) is 4.06. The summed E-state index contributed by atoms with van der Waals surface area (Å²) in [6.07, 6.45) is 2.33. The zero-order chi connectivity index (χ0) is 21.5. The van der Waals surface area contributed by atoms with E-state index in [2.05, 4.69) is 71.7 Å². The van der Waals surface area contributed by atoms with Crippen LogP contribution in [0.1, 0.15) is 29.5 Å². The molecule has 0 aliphatic carbocycles. The van der Waals surface area contributed by atoms with Gasteiger partial charge in [-0.2, -0.15) is 0 Å². The van der Waals surface area contributed by atoms with E-state index in [1.165, 1.54) is 16.7 Å². The zero-order valence-electron chi connectivity index (χ0n) is 18.1. The summed E-state index contributed by atoms with van der Waals surface area (Å²) in [5, 5.41) is 3.09. The third-order valence-corrected chi connectivity index (χ3v) is 5.75. The fourth-order valence-corrected chi connectivity index (χ4v) is 4.01. The molecule has 1 N–H and O–H groups in total. The third-order valence-electron chi connectivity index (χ3n) is 5.75. The predicted octanol–water partition coefficient (Wildman–Crippen LogP) is 4.90. The van der Waals surface area contributed by atoms with Crippen molar-refractivity contribution in [2.75, 3.05) is 18.1 Å². The second kappa shape index (κ2) is 10.2. The molecule has 31 heavy (non-hydrogen) atoms. The molecule has 0 saturated carbocycles. The van der Waals surface area contributed by atoms with Crippen LogP contribution in [0.2, 0.25) is 0 Å². The van der Waals surface area contributed by atoms with Crippen LogP contribution < -0.4 is 15.0 Å². The molecule has 4 rings (SSSR count). The minimum atomic E-state index is 0.00493. The van der Waals surface area contributed by atoms with E-state index in [9.17, 15) is 4.79 Å². The number of para-hydroxylation sites is 2. The van der Waals surface area contributed by atoms with Crippen molar-refractivity contribution < 1.29 is 9.53 Å². The number of carbonyl (C=O) groups excluding carboxylic acids is 1. The standard InChI is InChI=1S/C27H30N2O2/c1-21-13-15-23(16-14-21)19-29-24(20-31-26-12-6-5-11-25(26)29)18-27(30)28-17-7-10-22-8-3-2-4-9-22/h2-6,8-9,11-16,24H,7,10,17-20H2,1H3,(H,28,30). The monoisotopic (exact) mass is 414 g/mol. The van der Waals surface area contributed by atoms with Crippen molar-refractivity contribution in [2.24, 2.45) is 0 Å². The maximum absolute atomic E-state index is 12.7. The Bertz CT molecular complexity index is 986. The first kappa shape index (κ1) is 21.0. The average Bonchev–Trinajstić information content (AvgIpc) is 2.80. The normalized spacial score (nSPS) is 15.1. The maximum atomic E-state index is 12.7. The van der Waals surface area contributed by atoms with Crippen molar-refractivity contribution in [3.05, 3.63) is 95.6 Å². The van der Waals surface area contributed by atoms with Gasteiger partial charge >= 0.3 is 0 Å². The smallest absolute Gasteiger partial charge is 0.222 e. The third kappa shape index (κ3) is 5.66. The van der Waals surface area contributed by atoms with Crippen LogP contribution in [0.3, 0.4) is 0 Å². The molecule has 0 saturated heterocycles. The van der Waals surface area contributed by atoms with Crippen LogP contribution in [0.15, 0.2) is 78.9 Å². The van der Waals surface area contributed by atoms with Gasteiger partial charge in [0.1, 0.15) is 12.4 Å². The highest BCUT2D eigenvalue weighted by Gasteiger charge is 2.29. The quantitative estimate of drug-likeness (QED) is 0.533. The fourth-order valence-electron chi connectivity index (χ4n) is 4.01. The maximum Gasteiger partial charge on any atom is 0.222 e. The molecule has 1 aliphatic rings. The number of anilines is 1. The molecule has 0 spiro atoms. The van der Waals surface area contributed by atoms with E-state index in [0.717, 1.165) is 30.8 Å². The number of nitrogens with zero attached hydrogens (tertiary/aromatic N) is 1. The molecule has 0 fully saturated rings. The van der Waals surface area contributed by atoms with Crippen molar-refractivity contribution in [2.45, 2.75) is 38.8 Å². The highest BCUT2D eigenvalue weighted by molar-refractivity contribution is 5.77. The summed E-state index contributed by atoms with van der Waals surface area (Å²) in [6, 6.07) is 27.1. The number of ether oxygens (including phenoxy) is 1. The van der Waals surface area contributed by atoms with Crippen LogP contribution in [-0.4, -0.2) is 25.1 Å². The summed E-state index contributed by atoms with van der Waals surface area (Å²) in [5.41, 5.74) is 4.84. The van der Waals surface area contributed by atoms with Gasteiger partial charge in [0.25, 0.3) is 0 Å². The van der Waals surface area contributed by atoms with Gasteiger partial charge in [-0.3, -0.25) is 4.79 Å². The van der Waals surface area contributed by atoms with E-state index < -0.39 is 0 Å². The van der Waals surface area contributed by atoms with Crippen LogP contribution in [0.5, 0.6) is 5.75 Å². The Morgan fingerprint density at radius 3 is 2.52 bits per heavy atom. The lowest BCUT2D eigenvalue weighted by Gasteiger charge is -2.38. The Kier molecular flexibility index (Phi) is 6.88. The molecule has 1 aliphatic heterocycles. The van der Waals surface area contributed by atoms with Gasteiger partial charge in [-0.15, -0.1) is 0 Å². The van der Waals surface area contributed by atoms with Crippen molar-refractivity contribution in [1.29, 1.82) is 0 Å². The lowest BCUT2D eigenvalue weighted by molar-refractivity contribution is -0.121. The topological polar surface area (TPSA) is 41.6 Å². The summed E-state index contributed by atoms with van der Waals surface area (Å²) in [7, 11) is 0. The van der Waals surface area contributed by atoms with Gasteiger partial charge in [-0.05, 0) is 43.0 Å². The van der Waals surface area contributed by atoms with Crippen LogP contribution in [-0.2, 0) is 17.8 Å². The molecule has 160 valence electrons. The van der Waals surface area contributed by atoms with Crippen molar-refractivity contribution in [3.8, 4) is 5.75 Å². The SMILES string of the molecule is Cc1ccc(CN2c3ccccc3OCC2CC(=O)NCCCc2ccccc2)cc1. The number of fused-ring (bicyclic) bond motifs is 1. The van der Waals surface area contributed by atoms with Crippen molar-refractivity contribution in [3.63, 3.8) is 0 Å². The predicted molar refractivity (Wildman–Crippen MR) is 125 cm³/mol. The summed E-state index contributed by atoms with van der Waals surface area (Å²) in [5.74, 6) is 0.962. The summed E-state index contributed by atoms with van der Waals surface area (Å²) >= 11 is 0. The number of nitrogens with one attached hydrogen (secondary N) is 1. The molecule has 3 aromatic carbocycles. The molecule has 0 bridgehead atoms. The minimum absolute atomic E-state index is 0.00493. The molecular weight excluding hydrogens is 384 g/mol. The highest BCUT2D eigenvalue weighted by Crippen LogP contribution is 2.35. The summed E-state index contributed by atoms with van der Waals surface area (Å²) in [4.78, 5) is 15.0. The number of rotatable bonds is 8. The van der Waals surface area contributed by atoms with E-state index in [4.69, 9.17) is 4.74 Å².